The van der Waals surface area contributed by atoms with Gasteiger partial charge in [0, 0.05) is 24.4 Å². The van der Waals surface area contributed by atoms with Gasteiger partial charge in [0.05, 0.1) is 10.7 Å². The van der Waals surface area contributed by atoms with E-state index in [2.05, 4.69) is 10.0 Å². The molecule has 1 aliphatic heterocycles. The number of phenols is 1. The van der Waals surface area contributed by atoms with Crippen molar-refractivity contribution in [2.24, 2.45) is 11.0 Å². The van der Waals surface area contributed by atoms with Gasteiger partial charge in [0.2, 0.25) is 5.91 Å². The van der Waals surface area contributed by atoms with Crippen LogP contribution in [0.15, 0.2) is 23.3 Å². The third-order valence-corrected chi connectivity index (χ3v) is 3.17. The maximum Gasteiger partial charge on any atom is 0.227 e. The number of hydrogen-bond donors (Lipinski definition) is 1. The van der Waals surface area contributed by atoms with Crippen LogP contribution >= 0.6 is 11.6 Å². The predicted molar refractivity (Wildman–Crippen MR) is 67.6 cm³/mol. The Bertz CT molecular complexity index is 528. The Hall–Kier alpha value is -1.91. The number of nitrogens with zero attached hydrogens (tertiary/aromatic N) is 4. The largest absolute Gasteiger partial charge is 0.504 e. The van der Waals surface area contributed by atoms with Gasteiger partial charge in [-0.3, -0.25) is 4.79 Å². The topological polar surface area (TPSA) is 89.3 Å². The van der Waals surface area contributed by atoms with E-state index in [9.17, 15) is 9.90 Å². The first-order valence-electron chi connectivity index (χ1n) is 5.42. The van der Waals surface area contributed by atoms with Crippen molar-refractivity contribution in [2.75, 3.05) is 18.0 Å². The van der Waals surface area contributed by atoms with Crippen molar-refractivity contribution >= 4 is 23.2 Å². The zero-order valence-corrected chi connectivity index (χ0v) is 10.2. The summed E-state index contributed by atoms with van der Waals surface area (Å²) in [7, 11) is 0. The van der Waals surface area contributed by atoms with E-state index >= 15 is 0 Å². The van der Waals surface area contributed by atoms with Crippen molar-refractivity contribution in [1.82, 2.24) is 0 Å². The molecule has 1 N–H and O–H groups in total. The van der Waals surface area contributed by atoms with Crippen LogP contribution in [-0.2, 0) is 4.79 Å². The lowest BCUT2D eigenvalue weighted by Crippen LogP contribution is -2.24. The number of rotatable bonds is 3. The average Bonchev–Trinajstić information content (AvgIpc) is 2.71. The van der Waals surface area contributed by atoms with Crippen LogP contribution < -0.4 is 4.90 Å². The SMILES string of the molecule is [N-]=[N+]=NCC1CC(=O)N(c2cccc(Cl)c2O)C1. The molecule has 0 bridgehead atoms. The summed E-state index contributed by atoms with van der Waals surface area (Å²) >= 11 is 5.81. The molecule has 1 heterocycles. The molecule has 1 atom stereocenters. The number of phenolic OH excluding ortho intramolecular Hbond substituents is 1. The minimum atomic E-state index is -0.106. The van der Waals surface area contributed by atoms with E-state index in [1.807, 2.05) is 0 Å². The minimum absolute atomic E-state index is 0.0215. The zero-order valence-electron chi connectivity index (χ0n) is 9.45. The van der Waals surface area contributed by atoms with Gasteiger partial charge in [0.25, 0.3) is 0 Å². The number of para-hydroxylation sites is 1. The molecule has 0 aliphatic carbocycles. The highest BCUT2D eigenvalue weighted by molar-refractivity contribution is 6.32. The maximum absolute atomic E-state index is 11.8. The molecule has 94 valence electrons. The van der Waals surface area contributed by atoms with E-state index in [0.717, 1.165) is 0 Å². The highest BCUT2D eigenvalue weighted by Gasteiger charge is 2.31. The molecule has 0 saturated carbocycles. The van der Waals surface area contributed by atoms with Crippen LogP contribution in [0.25, 0.3) is 10.4 Å². The molecule has 2 rings (SSSR count). The van der Waals surface area contributed by atoms with Crippen LogP contribution in [0.5, 0.6) is 5.75 Å². The number of halogens is 1. The Labute approximate surface area is 108 Å². The fourth-order valence-electron chi connectivity index (χ4n) is 2.01. The molecule has 0 aromatic heterocycles. The van der Waals surface area contributed by atoms with Gasteiger partial charge in [-0.25, -0.2) is 0 Å². The van der Waals surface area contributed by atoms with E-state index < -0.39 is 0 Å². The molecular formula is C11H11ClN4O2. The van der Waals surface area contributed by atoms with Crippen molar-refractivity contribution < 1.29 is 9.90 Å². The number of amides is 1. The number of anilines is 1. The van der Waals surface area contributed by atoms with Crippen molar-refractivity contribution in [2.45, 2.75) is 6.42 Å². The molecule has 1 amide bonds. The van der Waals surface area contributed by atoms with Crippen molar-refractivity contribution in [3.8, 4) is 5.75 Å². The van der Waals surface area contributed by atoms with Gasteiger partial charge >= 0.3 is 0 Å². The van der Waals surface area contributed by atoms with Crippen LogP contribution in [-0.4, -0.2) is 24.1 Å². The summed E-state index contributed by atoms with van der Waals surface area (Å²) in [6.45, 7) is 0.700. The lowest BCUT2D eigenvalue weighted by Gasteiger charge is -2.18. The highest BCUT2D eigenvalue weighted by Crippen LogP contribution is 2.37. The van der Waals surface area contributed by atoms with E-state index in [-0.39, 0.29) is 29.1 Å². The Kier molecular flexibility index (Phi) is 3.60. The number of carbonyl (C=O) groups excluding carboxylic acids is 1. The Balaban J connectivity index is 2.21. The first-order chi connectivity index (χ1) is 8.63. The van der Waals surface area contributed by atoms with Crippen LogP contribution in [0, 0.1) is 5.92 Å². The van der Waals surface area contributed by atoms with Crippen LogP contribution in [0.1, 0.15) is 6.42 Å². The summed E-state index contributed by atoms with van der Waals surface area (Å²) in [5.41, 5.74) is 8.66. The smallest absolute Gasteiger partial charge is 0.227 e. The van der Waals surface area contributed by atoms with Gasteiger partial charge < -0.3 is 10.0 Å². The van der Waals surface area contributed by atoms with Crippen LogP contribution in [0.2, 0.25) is 5.02 Å². The van der Waals surface area contributed by atoms with E-state index in [0.29, 0.717) is 18.7 Å². The first kappa shape index (κ1) is 12.5. The first-order valence-corrected chi connectivity index (χ1v) is 5.80. The molecule has 6 nitrogen and oxygen atoms in total. The average molecular weight is 267 g/mol. The minimum Gasteiger partial charge on any atom is -0.504 e. The number of azide groups is 1. The summed E-state index contributed by atoms with van der Waals surface area (Å²) in [5.74, 6) is -0.227. The number of hydrogen-bond acceptors (Lipinski definition) is 3. The number of benzene rings is 1. The van der Waals surface area contributed by atoms with E-state index in [1.54, 1.807) is 18.2 Å². The molecule has 0 radical (unpaired) electrons. The molecule has 1 aliphatic rings. The fraction of sp³-hybridized carbons (Fsp3) is 0.364. The molecule has 1 unspecified atom stereocenters. The van der Waals surface area contributed by atoms with E-state index in [1.165, 1.54) is 4.90 Å². The normalized spacial score (nSPS) is 18.8. The molecule has 1 saturated heterocycles. The Morgan fingerprint density at radius 2 is 2.39 bits per heavy atom. The number of carbonyl (C=O) groups is 1. The zero-order chi connectivity index (χ0) is 13.1. The number of aromatic hydroxyl groups is 1. The molecule has 1 fully saturated rings. The van der Waals surface area contributed by atoms with Gasteiger partial charge in [0.1, 0.15) is 0 Å². The predicted octanol–water partition coefficient (Wildman–Crippen LogP) is 2.71. The molecule has 7 heteroatoms. The second-order valence-corrected chi connectivity index (χ2v) is 4.50. The third kappa shape index (κ3) is 2.34. The van der Waals surface area contributed by atoms with Gasteiger partial charge in [-0.05, 0) is 23.6 Å². The summed E-state index contributed by atoms with van der Waals surface area (Å²) in [5, 5.41) is 13.5. The van der Waals surface area contributed by atoms with Crippen LogP contribution in [0.4, 0.5) is 5.69 Å². The quantitative estimate of drug-likeness (QED) is 0.518. The molecule has 1 aromatic rings. The maximum atomic E-state index is 11.8. The second-order valence-electron chi connectivity index (χ2n) is 4.10. The lowest BCUT2D eigenvalue weighted by atomic mass is 10.1. The highest BCUT2D eigenvalue weighted by atomic mass is 35.5. The van der Waals surface area contributed by atoms with Crippen molar-refractivity contribution in [3.05, 3.63) is 33.7 Å². The summed E-state index contributed by atoms with van der Waals surface area (Å²) in [6, 6.07) is 4.86. The lowest BCUT2D eigenvalue weighted by molar-refractivity contribution is -0.117. The van der Waals surface area contributed by atoms with Crippen molar-refractivity contribution in [3.63, 3.8) is 0 Å². The van der Waals surface area contributed by atoms with Crippen LogP contribution in [0.3, 0.4) is 0 Å². The third-order valence-electron chi connectivity index (χ3n) is 2.86. The molecular weight excluding hydrogens is 256 g/mol. The van der Waals surface area contributed by atoms with Gasteiger partial charge in [-0.1, -0.05) is 22.8 Å². The summed E-state index contributed by atoms with van der Waals surface area (Å²) in [6.07, 6.45) is 0.310. The second kappa shape index (κ2) is 5.16. The Morgan fingerprint density at radius 1 is 1.61 bits per heavy atom. The molecule has 18 heavy (non-hydrogen) atoms. The molecule has 0 spiro atoms. The standard InChI is InChI=1S/C11H11ClN4O2/c12-8-2-1-3-9(11(8)18)16-6-7(4-10(16)17)5-14-15-13/h1-3,7,18H,4-6H2. The van der Waals surface area contributed by atoms with Crippen molar-refractivity contribution in [1.29, 1.82) is 0 Å². The van der Waals surface area contributed by atoms with Gasteiger partial charge in [-0.2, -0.15) is 0 Å². The monoisotopic (exact) mass is 266 g/mol. The Morgan fingerprint density at radius 3 is 3.11 bits per heavy atom. The molecule has 1 aromatic carbocycles. The fourth-order valence-corrected chi connectivity index (χ4v) is 2.18. The van der Waals surface area contributed by atoms with Gasteiger partial charge in [-0.15, -0.1) is 0 Å². The van der Waals surface area contributed by atoms with E-state index in [4.69, 9.17) is 17.1 Å². The summed E-state index contributed by atoms with van der Waals surface area (Å²) < 4.78 is 0. The summed E-state index contributed by atoms with van der Waals surface area (Å²) in [4.78, 5) is 16.0. The van der Waals surface area contributed by atoms with Gasteiger partial charge in [0.15, 0.2) is 5.75 Å².